The van der Waals surface area contributed by atoms with Crippen molar-refractivity contribution < 1.29 is 4.79 Å². The molecule has 0 aliphatic rings. The van der Waals surface area contributed by atoms with Crippen LogP contribution in [0.4, 0.5) is 0 Å². The Balaban J connectivity index is 1.55. The highest BCUT2D eigenvalue weighted by molar-refractivity contribution is 5.94. The number of nitrogens with zero attached hydrogens (tertiary/aromatic N) is 2. The van der Waals surface area contributed by atoms with Gasteiger partial charge in [-0.05, 0) is 49.2 Å². The van der Waals surface area contributed by atoms with E-state index in [1.165, 1.54) is 9.13 Å². The summed E-state index contributed by atoms with van der Waals surface area (Å²) in [5, 5.41) is 2.93. The zero-order chi connectivity index (χ0) is 22.7. The van der Waals surface area contributed by atoms with Gasteiger partial charge in [-0.15, -0.1) is 0 Å². The van der Waals surface area contributed by atoms with Crippen LogP contribution in [0.3, 0.4) is 0 Å². The van der Waals surface area contributed by atoms with Gasteiger partial charge in [0.2, 0.25) is 0 Å². The van der Waals surface area contributed by atoms with Crippen molar-refractivity contribution in [1.29, 1.82) is 0 Å². The molecule has 4 rings (SSSR count). The average Bonchev–Trinajstić information content (AvgIpc) is 2.81. The number of aryl methyl sites for hydroxylation is 2. The number of benzene rings is 3. The molecule has 162 valence electrons. The fourth-order valence-corrected chi connectivity index (χ4v) is 3.89. The summed E-state index contributed by atoms with van der Waals surface area (Å²) in [6.07, 6.45) is 0. The van der Waals surface area contributed by atoms with Crippen molar-refractivity contribution in [3.63, 3.8) is 0 Å². The van der Waals surface area contributed by atoms with E-state index in [0.29, 0.717) is 24.2 Å². The van der Waals surface area contributed by atoms with E-state index in [1.807, 2.05) is 74.5 Å². The van der Waals surface area contributed by atoms with Crippen LogP contribution in [0.25, 0.3) is 11.0 Å². The molecular weight excluding hydrogens is 402 g/mol. The van der Waals surface area contributed by atoms with E-state index in [-0.39, 0.29) is 12.5 Å². The molecule has 0 saturated carbocycles. The second-order valence-electron chi connectivity index (χ2n) is 7.80. The first-order valence-corrected chi connectivity index (χ1v) is 10.6. The topological polar surface area (TPSA) is 73.1 Å². The Morgan fingerprint density at radius 3 is 2.12 bits per heavy atom. The first-order chi connectivity index (χ1) is 15.5. The zero-order valence-electron chi connectivity index (χ0n) is 18.2. The van der Waals surface area contributed by atoms with Crippen molar-refractivity contribution >= 4 is 16.9 Å². The molecule has 6 nitrogen and oxygen atoms in total. The monoisotopic (exact) mass is 427 g/mol. The normalized spacial score (nSPS) is 10.9. The molecule has 3 aromatic carbocycles. The van der Waals surface area contributed by atoms with Gasteiger partial charge in [-0.1, -0.05) is 54.1 Å². The first kappa shape index (κ1) is 21.3. The van der Waals surface area contributed by atoms with Crippen LogP contribution in [-0.4, -0.2) is 15.0 Å². The zero-order valence-corrected chi connectivity index (χ0v) is 18.2. The van der Waals surface area contributed by atoms with Crippen LogP contribution in [0.15, 0.2) is 82.4 Å². The summed E-state index contributed by atoms with van der Waals surface area (Å²) in [7, 11) is 0. The van der Waals surface area contributed by atoms with Gasteiger partial charge in [0.25, 0.3) is 5.91 Å². The first-order valence-electron chi connectivity index (χ1n) is 10.6. The number of amides is 1. The van der Waals surface area contributed by atoms with Gasteiger partial charge in [0.05, 0.1) is 17.6 Å². The molecule has 0 radical (unpaired) electrons. The highest BCUT2D eigenvalue weighted by Crippen LogP contribution is 2.13. The predicted octanol–water partition coefficient (Wildman–Crippen LogP) is 3.47. The molecular formula is C26H25N3O3. The number of rotatable bonds is 6. The molecule has 32 heavy (non-hydrogen) atoms. The molecule has 0 saturated heterocycles. The molecule has 0 unspecified atom stereocenters. The Morgan fingerprint density at radius 1 is 0.812 bits per heavy atom. The van der Waals surface area contributed by atoms with Gasteiger partial charge in [-0.25, -0.2) is 0 Å². The van der Waals surface area contributed by atoms with Crippen molar-refractivity contribution in [2.45, 2.75) is 33.5 Å². The molecule has 1 aromatic heterocycles. The lowest BCUT2D eigenvalue weighted by molar-refractivity contribution is 0.0951. The Bertz CT molecular complexity index is 1400. The van der Waals surface area contributed by atoms with Crippen LogP contribution >= 0.6 is 0 Å². The highest BCUT2D eigenvalue weighted by Gasteiger charge is 2.13. The Labute approximate surface area is 185 Å². The van der Waals surface area contributed by atoms with Crippen LogP contribution < -0.4 is 16.4 Å². The Morgan fingerprint density at radius 2 is 1.47 bits per heavy atom. The van der Waals surface area contributed by atoms with E-state index in [9.17, 15) is 14.4 Å². The molecule has 0 aliphatic heterocycles. The lowest BCUT2D eigenvalue weighted by atomic mass is 10.1. The van der Waals surface area contributed by atoms with E-state index in [2.05, 4.69) is 5.32 Å². The van der Waals surface area contributed by atoms with Crippen LogP contribution in [0.1, 0.15) is 34.0 Å². The summed E-state index contributed by atoms with van der Waals surface area (Å²) in [5.41, 5.74) is 3.93. The molecule has 0 aliphatic carbocycles. The number of fused-ring (bicyclic) bond motifs is 1. The largest absolute Gasteiger partial charge is 0.348 e. The van der Waals surface area contributed by atoms with Crippen LogP contribution in [0.2, 0.25) is 0 Å². The lowest BCUT2D eigenvalue weighted by Crippen LogP contribution is -2.41. The second kappa shape index (κ2) is 9.06. The molecule has 1 heterocycles. The maximum absolute atomic E-state index is 12.8. The summed E-state index contributed by atoms with van der Waals surface area (Å²) in [4.78, 5) is 37.8. The third-order valence-electron chi connectivity index (χ3n) is 5.55. The minimum Gasteiger partial charge on any atom is -0.348 e. The van der Waals surface area contributed by atoms with Crippen molar-refractivity contribution in [3.05, 3.63) is 116 Å². The maximum Gasteiger partial charge on any atom is 0.317 e. The highest BCUT2D eigenvalue weighted by atomic mass is 16.2. The summed E-state index contributed by atoms with van der Waals surface area (Å²) >= 11 is 0. The smallest absolute Gasteiger partial charge is 0.317 e. The maximum atomic E-state index is 12.8. The predicted molar refractivity (Wildman–Crippen MR) is 126 cm³/mol. The van der Waals surface area contributed by atoms with Gasteiger partial charge in [-0.3, -0.25) is 19.0 Å². The molecule has 4 aromatic rings. The number of para-hydroxylation sites is 2. The summed E-state index contributed by atoms with van der Waals surface area (Å²) in [6, 6.07) is 22.5. The second-order valence-corrected chi connectivity index (χ2v) is 7.80. The van der Waals surface area contributed by atoms with Crippen molar-refractivity contribution in [2.24, 2.45) is 0 Å². The number of hydrogen-bond donors (Lipinski definition) is 1. The van der Waals surface area contributed by atoms with E-state index < -0.39 is 11.1 Å². The van der Waals surface area contributed by atoms with E-state index >= 15 is 0 Å². The number of aromatic nitrogens is 2. The van der Waals surface area contributed by atoms with E-state index in [1.54, 1.807) is 12.1 Å². The number of hydrogen-bond acceptors (Lipinski definition) is 3. The third kappa shape index (κ3) is 4.25. The average molecular weight is 428 g/mol. The molecule has 0 fully saturated rings. The van der Waals surface area contributed by atoms with Gasteiger partial charge in [0.1, 0.15) is 0 Å². The SMILES string of the molecule is CCn1c(=O)c(=O)n(Cc2ccc(C(=O)NCc3cccc(C)c3)cc2)c2ccccc21. The summed E-state index contributed by atoms with van der Waals surface area (Å²) < 4.78 is 2.99. The number of carbonyl (C=O) groups excluding carboxylic acids is 1. The van der Waals surface area contributed by atoms with Crippen molar-refractivity contribution in [3.8, 4) is 0 Å². The van der Waals surface area contributed by atoms with Gasteiger partial charge in [0, 0.05) is 18.7 Å². The number of carbonyl (C=O) groups is 1. The summed E-state index contributed by atoms with van der Waals surface area (Å²) in [6.45, 7) is 5.01. The minimum absolute atomic E-state index is 0.161. The molecule has 6 heteroatoms. The molecule has 1 N–H and O–H groups in total. The fourth-order valence-electron chi connectivity index (χ4n) is 3.89. The standard InChI is InChI=1S/C26H25N3O3/c1-3-28-22-9-4-5-10-23(22)29(26(32)25(28)31)17-19-11-13-21(14-12-19)24(30)27-16-20-8-6-7-18(2)15-20/h4-15H,3,16-17H2,1-2H3,(H,27,30). The third-order valence-corrected chi connectivity index (χ3v) is 5.55. The lowest BCUT2D eigenvalue weighted by Gasteiger charge is -2.14. The molecule has 0 atom stereocenters. The van der Waals surface area contributed by atoms with Gasteiger partial charge in [0.15, 0.2) is 0 Å². The van der Waals surface area contributed by atoms with Crippen LogP contribution in [0, 0.1) is 6.92 Å². The molecule has 0 bridgehead atoms. The molecule has 1 amide bonds. The number of nitrogens with one attached hydrogen (secondary N) is 1. The van der Waals surface area contributed by atoms with Gasteiger partial charge in [-0.2, -0.15) is 0 Å². The quantitative estimate of drug-likeness (QED) is 0.479. The fraction of sp³-hybridized carbons (Fsp3) is 0.192. The van der Waals surface area contributed by atoms with Crippen molar-refractivity contribution in [1.82, 2.24) is 14.5 Å². The van der Waals surface area contributed by atoms with E-state index in [4.69, 9.17) is 0 Å². The summed E-state index contributed by atoms with van der Waals surface area (Å²) in [5.74, 6) is -0.161. The van der Waals surface area contributed by atoms with Gasteiger partial charge >= 0.3 is 11.1 Å². The Hall–Kier alpha value is -3.93. The molecule has 0 spiro atoms. The minimum atomic E-state index is -0.550. The van der Waals surface area contributed by atoms with Crippen LogP contribution in [-0.2, 0) is 19.6 Å². The van der Waals surface area contributed by atoms with Crippen LogP contribution in [0.5, 0.6) is 0 Å². The Kier molecular flexibility index (Phi) is 6.03. The van der Waals surface area contributed by atoms with E-state index in [0.717, 1.165) is 22.2 Å². The van der Waals surface area contributed by atoms with Gasteiger partial charge < -0.3 is 9.88 Å². The van der Waals surface area contributed by atoms with Crippen molar-refractivity contribution in [2.75, 3.05) is 0 Å².